The first kappa shape index (κ1) is 22.2. The summed E-state index contributed by atoms with van der Waals surface area (Å²) >= 11 is 0. The van der Waals surface area contributed by atoms with Gasteiger partial charge in [-0.1, -0.05) is 0 Å². The summed E-state index contributed by atoms with van der Waals surface area (Å²) in [6.07, 6.45) is 5.25. The van der Waals surface area contributed by atoms with E-state index in [2.05, 4.69) is 12.1 Å². The minimum Gasteiger partial charge on any atom is -0.489 e. The second-order valence-electron chi connectivity index (χ2n) is 10.1. The molecule has 3 aliphatic rings. The second kappa shape index (κ2) is 8.63. The van der Waals surface area contributed by atoms with Crippen molar-refractivity contribution in [3.63, 3.8) is 0 Å². The Hall–Kier alpha value is -2.61. The van der Waals surface area contributed by atoms with Gasteiger partial charge in [0.05, 0.1) is 17.7 Å². The molecule has 1 aliphatic heterocycles. The van der Waals surface area contributed by atoms with E-state index >= 15 is 0 Å². The van der Waals surface area contributed by atoms with Gasteiger partial charge in [-0.3, -0.25) is 9.59 Å². The second-order valence-corrected chi connectivity index (χ2v) is 10.1. The van der Waals surface area contributed by atoms with Crippen LogP contribution >= 0.6 is 0 Å². The summed E-state index contributed by atoms with van der Waals surface area (Å²) in [6, 6.07) is 4.38. The summed E-state index contributed by atoms with van der Waals surface area (Å²) in [5.74, 6) is 1.39. The summed E-state index contributed by atoms with van der Waals surface area (Å²) in [6.45, 7) is 5.08. The Morgan fingerprint density at radius 1 is 1.12 bits per heavy atom. The topological polar surface area (TPSA) is 87.9 Å². The molecule has 0 bridgehead atoms. The molecule has 1 aromatic carbocycles. The molecule has 1 saturated heterocycles. The Morgan fingerprint density at radius 3 is 2.48 bits per heavy atom. The third-order valence-electron chi connectivity index (χ3n) is 7.23. The van der Waals surface area contributed by atoms with E-state index in [1.165, 1.54) is 18.4 Å². The lowest BCUT2D eigenvalue weighted by atomic mass is 9.91. The van der Waals surface area contributed by atoms with Crippen molar-refractivity contribution in [2.75, 3.05) is 19.6 Å². The monoisotopic (exact) mass is 454 g/mol. The molecule has 3 fully saturated rings. The van der Waals surface area contributed by atoms with E-state index < -0.39 is 0 Å². The zero-order valence-corrected chi connectivity index (χ0v) is 19.8. The summed E-state index contributed by atoms with van der Waals surface area (Å²) in [5, 5.41) is 9.76. The molecule has 2 aliphatic carbocycles. The third-order valence-corrected chi connectivity index (χ3v) is 7.23. The van der Waals surface area contributed by atoms with Gasteiger partial charge >= 0.3 is 0 Å². The lowest BCUT2D eigenvalue weighted by Gasteiger charge is -2.41. The molecule has 0 unspecified atom stereocenters. The van der Waals surface area contributed by atoms with Crippen molar-refractivity contribution < 1.29 is 19.4 Å². The van der Waals surface area contributed by atoms with E-state index in [4.69, 9.17) is 9.72 Å². The number of aryl methyl sites for hydroxylation is 1. The number of hydrogen-bond acceptors (Lipinski definition) is 5. The van der Waals surface area contributed by atoms with E-state index in [1.54, 1.807) is 4.90 Å². The van der Waals surface area contributed by atoms with E-state index in [9.17, 15) is 14.7 Å². The van der Waals surface area contributed by atoms with Gasteiger partial charge in [-0.15, -0.1) is 0 Å². The number of rotatable bonds is 5. The predicted molar refractivity (Wildman–Crippen MR) is 124 cm³/mol. The van der Waals surface area contributed by atoms with Gasteiger partial charge in [0.25, 0.3) is 5.91 Å². The van der Waals surface area contributed by atoms with E-state index in [1.807, 2.05) is 30.4 Å². The van der Waals surface area contributed by atoms with Crippen LogP contribution in [-0.4, -0.2) is 74.2 Å². The number of piperazine rings is 1. The molecule has 2 saturated carbocycles. The number of aliphatic hydroxyl groups is 1. The molecule has 0 spiro atoms. The molecule has 8 heteroatoms. The van der Waals surface area contributed by atoms with Crippen LogP contribution in [0, 0.1) is 0 Å². The van der Waals surface area contributed by atoms with E-state index in [0.29, 0.717) is 30.3 Å². The van der Waals surface area contributed by atoms with Crippen molar-refractivity contribution in [2.24, 2.45) is 7.05 Å². The van der Waals surface area contributed by atoms with Crippen LogP contribution in [0.15, 0.2) is 12.1 Å². The van der Waals surface area contributed by atoms with Gasteiger partial charge in [-0.2, -0.15) is 0 Å². The van der Waals surface area contributed by atoms with Crippen molar-refractivity contribution in [2.45, 2.75) is 76.5 Å². The zero-order valence-electron chi connectivity index (χ0n) is 19.8. The Balaban J connectivity index is 1.37. The number of carbonyl (C=O) groups excluding carboxylic acids is 2. The number of benzene rings is 1. The first-order chi connectivity index (χ1) is 15.8. The summed E-state index contributed by atoms with van der Waals surface area (Å²) in [4.78, 5) is 34.5. The lowest BCUT2D eigenvalue weighted by molar-refractivity contribution is -0.138. The van der Waals surface area contributed by atoms with Crippen LogP contribution < -0.4 is 4.74 Å². The predicted octanol–water partition coefficient (Wildman–Crippen LogP) is 2.83. The maximum Gasteiger partial charge on any atom is 0.290 e. The average Bonchev–Trinajstić information content (AvgIpc) is 3.58. The Morgan fingerprint density at radius 2 is 1.85 bits per heavy atom. The number of aromatic nitrogens is 2. The van der Waals surface area contributed by atoms with Gasteiger partial charge in [-0.25, -0.2) is 4.98 Å². The maximum atomic E-state index is 13.4. The highest BCUT2D eigenvalue weighted by molar-refractivity contribution is 5.98. The number of hydrogen-bond donors (Lipinski definition) is 1. The molecular formula is C25H34N4O4. The van der Waals surface area contributed by atoms with E-state index in [-0.39, 0.29) is 36.6 Å². The highest BCUT2D eigenvalue weighted by Crippen LogP contribution is 2.43. The fourth-order valence-electron chi connectivity index (χ4n) is 5.22. The molecule has 1 aromatic heterocycles. The maximum absolute atomic E-state index is 13.4. The van der Waals surface area contributed by atoms with Gasteiger partial charge < -0.3 is 24.2 Å². The van der Waals surface area contributed by atoms with E-state index in [0.717, 1.165) is 36.9 Å². The van der Waals surface area contributed by atoms with Gasteiger partial charge in [0.15, 0.2) is 5.82 Å². The highest BCUT2D eigenvalue weighted by Gasteiger charge is 2.35. The molecule has 8 nitrogen and oxygen atoms in total. The SMILES string of the molecule is CC(C)Oc1cc(C2CC2)cc2c1nc(C(=O)N1CCN([C@H]3CC[C@H](O)CC3)C(=O)C1)n2C. The van der Waals surface area contributed by atoms with Crippen LogP contribution in [0.25, 0.3) is 11.0 Å². The van der Waals surface area contributed by atoms with Crippen LogP contribution in [0.5, 0.6) is 5.75 Å². The average molecular weight is 455 g/mol. The van der Waals surface area contributed by atoms with Gasteiger partial charge in [0.2, 0.25) is 5.91 Å². The van der Waals surface area contributed by atoms with Crippen molar-refractivity contribution in [3.8, 4) is 5.75 Å². The molecule has 2 amide bonds. The first-order valence-electron chi connectivity index (χ1n) is 12.3. The van der Waals surface area contributed by atoms with Gasteiger partial charge in [-0.05, 0) is 76.0 Å². The number of ether oxygens (including phenoxy) is 1. The fraction of sp³-hybridized carbons (Fsp3) is 0.640. The molecule has 0 radical (unpaired) electrons. The van der Waals surface area contributed by atoms with Crippen LogP contribution in [-0.2, 0) is 11.8 Å². The van der Waals surface area contributed by atoms with Crippen molar-refractivity contribution in [1.82, 2.24) is 19.4 Å². The fourth-order valence-corrected chi connectivity index (χ4v) is 5.22. The number of carbonyl (C=O) groups is 2. The van der Waals surface area contributed by atoms with Crippen LogP contribution in [0.4, 0.5) is 0 Å². The number of amides is 2. The van der Waals surface area contributed by atoms with Gasteiger partial charge in [0.1, 0.15) is 17.8 Å². The third kappa shape index (κ3) is 4.33. The Kier molecular flexibility index (Phi) is 5.80. The van der Waals surface area contributed by atoms with Crippen LogP contribution in [0.2, 0.25) is 0 Å². The summed E-state index contributed by atoms with van der Waals surface area (Å²) < 4.78 is 7.91. The summed E-state index contributed by atoms with van der Waals surface area (Å²) in [5.41, 5.74) is 2.83. The Labute approximate surface area is 194 Å². The highest BCUT2D eigenvalue weighted by atomic mass is 16.5. The standard InChI is InChI=1S/C25H34N4O4/c1-15(2)33-21-13-17(16-4-5-16)12-20-23(21)26-24(27(20)3)25(32)28-10-11-29(22(31)14-28)18-6-8-19(30)9-7-18/h12-13,15-16,18-19,30H,4-11,14H2,1-3H3/t18-,19-. The molecular weight excluding hydrogens is 420 g/mol. The normalized spacial score (nSPS) is 24.1. The Bertz CT molecular complexity index is 1070. The first-order valence-corrected chi connectivity index (χ1v) is 12.3. The van der Waals surface area contributed by atoms with Crippen molar-refractivity contribution >= 4 is 22.8 Å². The van der Waals surface area contributed by atoms with Gasteiger partial charge in [0, 0.05) is 26.2 Å². The quantitative estimate of drug-likeness (QED) is 0.751. The van der Waals surface area contributed by atoms with Crippen LogP contribution in [0.3, 0.4) is 0 Å². The molecule has 33 heavy (non-hydrogen) atoms. The molecule has 178 valence electrons. The number of aliphatic hydroxyl groups excluding tert-OH is 1. The zero-order chi connectivity index (χ0) is 23.3. The lowest BCUT2D eigenvalue weighted by Crippen LogP contribution is -2.56. The minimum atomic E-state index is -0.248. The van der Waals surface area contributed by atoms with Crippen molar-refractivity contribution in [3.05, 3.63) is 23.5 Å². The smallest absolute Gasteiger partial charge is 0.290 e. The molecule has 5 rings (SSSR count). The summed E-state index contributed by atoms with van der Waals surface area (Å²) in [7, 11) is 1.86. The number of imidazole rings is 1. The number of nitrogens with zero attached hydrogens (tertiary/aromatic N) is 4. The van der Waals surface area contributed by atoms with Crippen LogP contribution in [0.1, 0.15) is 74.5 Å². The number of fused-ring (bicyclic) bond motifs is 1. The van der Waals surface area contributed by atoms with Crippen molar-refractivity contribution in [1.29, 1.82) is 0 Å². The molecule has 0 atom stereocenters. The molecule has 1 N–H and O–H groups in total. The largest absolute Gasteiger partial charge is 0.489 e. The molecule has 2 heterocycles. The molecule has 2 aromatic rings. The minimum absolute atomic E-state index is 0.00964.